The molecule has 0 amide bonds. The zero-order chi connectivity index (χ0) is 17.8. The maximum atomic E-state index is 10.7. The SMILES string of the molecule is COc1ccc(-c2n[nH]c(Cc3ccc([N+](=O)[O-])cc3)n2)cc1OC. The Kier molecular flexibility index (Phi) is 4.60. The van der Waals surface area contributed by atoms with Crippen LogP contribution in [0.2, 0.25) is 0 Å². The first-order valence-electron chi connectivity index (χ1n) is 7.47. The molecule has 0 saturated carbocycles. The molecule has 0 aliphatic carbocycles. The normalized spacial score (nSPS) is 10.5. The number of non-ortho nitro benzene ring substituents is 1. The van der Waals surface area contributed by atoms with Crippen LogP contribution in [0.15, 0.2) is 42.5 Å². The number of aromatic amines is 1. The van der Waals surface area contributed by atoms with Gasteiger partial charge in [0.15, 0.2) is 17.3 Å². The van der Waals surface area contributed by atoms with Crippen molar-refractivity contribution in [3.05, 3.63) is 64.0 Å². The van der Waals surface area contributed by atoms with Crippen LogP contribution in [0, 0.1) is 10.1 Å². The predicted octanol–water partition coefficient (Wildman–Crippen LogP) is 2.99. The summed E-state index contributed by atoms with van der Waals surface area (Å²) < 4.78 is 10.5. The van der Waals surface area contributed by atoms with Crippen LogP contribution < -0.4 is 9.47 Å². The quantitative estimate of drug-likeness (QED) is 0.546. The molecular weight excluding hydrogens is 324 g/mol. The van der Waals surface area contributed by atoms with Gasteiger partial charge in [-0.05, 0) is 23.8 Å². The van der Waals surface area contributed by atoms with Gasteiger partial charge in [0.25, 0.3) is 5.69 Å². The number of hydrogen-bond donors (Lipinski definition) is 1. The van der Waals surface area contributed by atoms with Crippen LogP contribution in [0.4, 0.5) is 5.69 Å². The van der Waals surface area contributed by atoms with E-state index in [1.54, 1.807) is 38.5 Å². The molecule has 0 unspecified atom stereocenters. The van der Waals surface area contributed by atoms with E-state index in [0.29, 0.717) is 29.6 Å². The van der Waals surface area contributed by atoms with Gasteiger partial charge in [-0.15, -0.1) is 0 Å². The summed E-state index contributed by atoms with van der Waals surface area (Å²) in [4.78, 5) is 14.7. The summed E-state index contributed by atoms with van der Waals surface area (Å²) in [6, 6.07) is 11.8. The lowest BCUT2D eigenvalue weighted by atomic mass is 10.1. The molecule has 128 valence electrons. The lowest BCUT2D eigenvalue weighted by molar-refractivity contribution is -0.384. The molecule has 1 N–H and O–H groups in total. The number of H-pyrrole nitrogens is 1. The molecule has 0 saturated heterocycles. The van der Waals surface area contributed by atoms with Gasteiger partial charge in [0.1, 0.15) is 5.82 Å². The molecule has 3 rings (SSSR count). The number of nitro benzene ring substituents is 1. The highest BCUT2D eigenvalue weighted by molar-refractivity contribution is 5.60. The number of aromatic nitrogens is 3. The van der Waals surface area contributed by atoms with E-state index in [9.17, 15) is 10.1 Å². The Balaban J connectivity index is 1.79. The molecular formula is C17H16N4O4. The molecule has 3 aromatic rings. The third-order valence-corrected chi connectivity index (χ3v) is 3.69. The van der Waals surface area contributed by atoms with Gasteiger partial charge in [-0.1, -0.05) is 12.1 Å². The van der Waals surface area contributed by atoms with E-state index in [-0.39, 0.29) is 5.69 Å². The number of rotatable bonds is 6. The lowest BCUT2D eigenvalue weighted by Gasteiger charge is -2.07. The van der Waals surface area contributed by atoms with Gasteiger partial charge < -0.3 is 9.47 Å². The Bertz CT molecular complexity index is 890. The van der Waals surface area contributed by atoms with E-state index in [0.717, 1.165) is 11.1 Å². The highest BCUT2D eigenvalue weighted by atomic mass is 16.6. The second kappa shape index (κ2) is 7.00. The Morgan fingerprint density at radius 3 is 2.44 bits per heavy atom. The first kappa shape index (κ1) is 16.4. The maximum absolute atomic E-state index is 10.7. The third kappa shape index (κ3) is 3.57. The van der Waals surface area contributed by atoms with Gasteiger partial charge in [0.2, 0.25) is 0 Å². The van der Waals surface area contributed by atoms with Crippen LogP contribution in [0.1, 0.15) is 11.4 Å². The molecule has 0 spiro atoms. The highest BCUT2D eigenvalue weighted by Crippen LogP contribution is 2.31. The fourth-order valence-electron chi connectivity index (χ4n) is 2.41. The molecule has 8 nitrogen and oxygen atoms in total. The van der Waals surface area contributed by atoms with Crippen LogP contribution in [-0.4, -0.2) is 34.3 Å². The van der Waals surface area contributed by atoms with Gasteiger partial charge in [0.05, 0.1) is 19.1 Å². The average molecular weight is 340 g/mol. The Labute approximate surface area is 143 Å². The van der Waals surface area contributed by atoms with Gasteiger partial charge in [0, 0.05) is 24.1 Å². The summed E-state index contributed by atoms with van der Waals surface area (Å²) in [6.07, 6.45) is 0.498. The van der Waals surface area contributed by atoms with E-state index >= 15 is 0 Å². The first-order valence-corrected chi connectivity index (χ1v) is 7.47. The number of methoxy groups -OCH3 is 2. The topological polar surface area (TPSA) is 103 Å². The Morgan fingerprint density at radius 2 is 1.80 bits per heavy atom. The molecule has 0 radical (unpaired) electrons. The molecule has 1 aromatic heterocycles. The fourth-order valence-corrected chi connectivity index (χ4v) is 2.41. The minimum absolute atomic E-state index is 0.0623. The van der Waals surface area contributed by atoms with Crippen LogP contribution in [0.25, 0.3) is 11.4 Å². The van der Waals surface area contributed by atoms with Crippen molar-refractivity contribution in [3.8, 4) is 22.9 Å². The largest absolute Gasteiger partial charge is 0.493 e. The standard InChI is InChI=1S/C17H16N4O4/c1-24-14-8-5-12(10-15(14)25-2)17-18-16(19-20-17)9-11-3-6-13(7-4-11)21(22)23/h3-8,10H,9H2,1-2H3,(H,18,19,20). The van der Waals surface area contributed by atoms with Gasteiger partial charge >= 0.3 is 0 Å². The molecule has 0 atom stereocenters. The van der Waals surface area contributed by atoms with Crippen molar-refractivity contribution in [2.45, 2.75) is 6.42 Å². The van der Waals surface area contributed by atoms with Crippen molar-refractivity contribution in [2.24, 2.45) is 0 Å². The molecule has 0 aliphatic rings. The second-order valence-electron chi connectivity index (χ2n) is 5.28. The summed E-state index contributed by atoms with van der Waals surface area (Å²) in [7, 11) is 3.15. The Morgan fingerprint density at radius 1 is 1.08 bits per heavy atom. The molecule has 0 aliphatic heterocycles. The minimum atomic E-state index is -0.423. The van der Waals surface area contributed by atoms with Crippen molar-refractivity contribution >= 4 is 5.69 Å². The Hall–Kier alpha value is -3.42. The summed E-state index contributed by atoms with van der Waals surface area (Å²) in [5.74, 6) is 2.44. The number of nitro groups is 1. The summed E-state index contributed by atoms with van der Waals surface area (Å²) >= 11 is 0. The lowest BCUT2D eigenvalue weighted by Crippen LogP contribution is -1.93. The first-order chi connectivity index (χ1) is 12.1. The number of benzene rings is 2. The molecule has 8 heteroatoms. The molecule has 2 aromatic carbocycles. The van der Waals surface area contributed by atoms with Gasteiger partial charge in [-0.2, -0.15) is 5.10 Å². The zero-order valence-corrected chi connectivity index (χ0v) is 13.7. The zero-order valence-electron chi connectivity index (χ0n) is 13.7. The molecule has 0 fully saturated rings. The van der Waals surface area contributed by atoms with Crippen molar-refractivity contribution in [3.63, 3.8) is 0 Å². The van der Waals surface area contributed by atoms with E-state index in [4.69, 9.17) is 9.47 Å². The van der Waals surface area contributed by atoms with Crippen molar-refractivity contribution in [1.82, 2.24) is 15.2 Å². The number of hydrogen-bond acceptors (Lipinski definition) is 6. The maximum Gasteiger partial charge on any atom is 0.269 e. The van der Waals surface area contributed by atoms with Gasteiger partial charge in [-0.25, -0.2) is 4.98 Å². The minimum Gasteiger partial charge on any atom is -0.493 e. The van der Waals surface area contributed by atoms with Crippen LogP contribution in [-0.2, 0) is 6.42 Å². The van der Waals surface area contributed by atoms with Crippen molar-refractivity contribution < 1.29 is 14.4 Å². The number of ether oxygens (including phenoxy) is 2. The molecule has 1 heterocycles. The average Bonchev–Trinajstić information content (AvgIpc) is 3.10. The van der Waals surface area contributed by atoms with E-state index < -0.39 is 4.92 Å². The highest BCUT2D eigenvalue weighted by Gasteiger charge is 2.11. The van der Waals surface area contributed by atoms with Crippen molar-refractivity contribution in [1.29, 1.82) is 0 Å². The predicted molar refractivity (Wildman–Crippen MR) is 90.8 cm³/mol. The second-order valence-corrected chi connectivity index (χ2v) is 5.28. The van der Waals surface area contributed by atoms with E-state index in [1.807, 2.05) is 6.07 Å². The third-order valence-electron chi connectivity index (χ3n) is 3.69. The molecule has 0 bridgehead atoms. The van der Waals surface area contributed by atoms with E-state index in [1.165, 1.54) is 12.1 Å². The smallest absolute Gasteiger partial charge is 0.269 e. The summed E-state index contributed by atoms with van der Waals surface area (Å²) in [6.45, 7) is 0. The number of nitrogens with one attached hydrogen (secondary N) is 1. The summed E-state index contributed by atoms with van der Waals surface area (Å²) in [5, 5.41) is 17.8. The monoisotopic (exact) mass is 340 g/mol. The van der Waals surface area contributed by atoms with Crippen LogP contribution in [0.3, 0.4) is 0 Å². The van der Waals surface area contributed by atoms with Crippen molar-refractivity contribution in [2.75, 3.05) is 14.2 Å². The van der Waals surface area contributed by atoms with Crippen LogP contribution >= 0.6 is 0 Å². The molecule has 25 heavy (non-hydrogen) atoms. The fraction of sp³-hybridized carbons (Fsp3) is 0.176. The van der Waals surface area contributed by atoms with Gasteiger partial charge in [-0.3, -0.25) is 15.2 Å². The summed E-state index contributed by atoms with van der Waals surface area (Å²) in [5.41, 5.74) is 1.76. The van der Waals surface area contributed by atoms with Crippen LogP contribution in [0.5, 0.6) is 11.5 Å². The van der Waals surface area contributed by atoms with E-state index in [2.05, 4.69) is 15.2 Å². The number of nitrogens with zero attached hydrogens (tertiary/aromatic N) is 3.